The van der Waals surface area contributed by atoms with Gasteiger partial charge in [0.1, 0.15) is 0 Å². The van der Waals surface area contributed by atoms with Crippen molar-refractivity contribution in [2.75, 3.05) is 0 Å². The Bertz CT molecular complexity index is 493. The number of carbonyl (C=O) groups is 1. The van der Waals surface area contributed by atoms with E-state index in [2.05, 4.69) is 10.2 Å². The molecule has 0 spiro atoms. The predicted octanol–water partition coefficient (Wildman–Crippen LogP) is 3.69. The van der Waals surface area contributed by atoms with E-state index in [1.807, 2.05) is 0 Å². The first-order valence-corrected chi connectivity index (χ1v) is 4.80. The van der Waals surface area contributed by atoms with Crippen molar-refractivity contribution in [2.45, 2.75) is 13.1 Å². The Morgan fingerprint density at radius 2 is 1.78 bits per heavy atom. The molecule has 0 aliphatic carbocycles. The summed E-state index contributed by atoms with van der Waals surface area (Å²) in [6.07, 6.45) is -5.03. The second kappa shape index (κ2) is 5.44. The van der Waals surface area contributed by atoms with E-state index in [4.69, 9.17) is 5.11 Å². The summed E-state index contributed by atoms with van der Waals surface area (Å²) in [5, 5.41) is 15.5. The van der Waals surface area contributed by atoms with Gasteiger partial charge in [0.15, 0.2) is 11.5 Å². The molecule has 0 atom stereocenters. The van der Waals surface area contributed by atoms with Crippen molar-refractivity contribution in [3.8, 4) is 0 Å². The van der Waals surface area contributed by atoms with Gasteiger partial charge in [0.05, 0.1) is 5.69 Å². The van der Waals surface area contributed by atoms with Gasteiger partial charge in [-0.15, -0.1) is 5.11 Å². The molecule has 0 heterocycles. The molecule has 0 aliphatic rings. The largest absolute Gasteiger partial charge is 0.503 e. The van der Waals surface area contributed by atoms with Crippen LogP contribution in [0, 0.1) is 0 Å². The number of ketones is 1. The van der Waals surface area contributed by atoms with E-state index in [1.54, 1.807) is 18.2 Å². The minimum absolute atomic E-state index is 0.270. The highest BCUT2D eigenvalue weighted by Gasteiger charge is 2.38. The number of hydrogen-bond donors (Lipinski definition) is 1. The maximum absolute atomic E-state index is 12.2. The number of benzene rings is 1. The molecule has 0 saturated heterocycles. The number of halogens is 3. The SMILES string of the molecule is CC(=O)/C(N=Nc1ccccc1)=C(/O)C(F)(F)F. The van der Waals surface area contributed by atoms with Crippen LogP contribution in [0.5, 0.6) is 0 Å². The maximum atomic E-state index is 12.2. The zero-order valence-corrected chi connectivity index (χ0v) is 9.27. The molecule has 0 radical (unpaired) electrons. The van der Waals surface area contributed by atoms with Gasteiger partial charge in [-0.05, 0) is 12.1 Å². The molecule has 96 valence electrons. The zero-order chi connectivity index (χ0) is 13.8. The Balaban J connectivity index is 3.10. The summed E-state index contributed by atoms with van der Waals surface area (Å²) in [5.41, 5.74) is -0.849. The van der Waals surface area contributed by atoms with E-state index < -0.39 is 23.4 Å². The van der Waals surface area contributed by atoms with Gasteiger partial charge in [-0.2, -0.15) is 18.3 Å². The van der Waals surface area contributed by atoms with Gasteiger partial charge in [-0.3, -0.25) is 4.79 Å². The summed E-state index contributed by atoms with van der Waals surface area (Å²) < 4.78 is 36.7. The first-order valence-electron chi connectivity index (χ1n) is 4.80. The molecule has 1 aromatic rings. The van der Waals surface area contributed by atoms with Crippen LogP contribution in [0.15, 0.2) is 52.0 Å². The van der Waals surface area contributed by atoms with Gasteiger partial charge in [0.25, 0.3) is 0 Å². The van der Waals surface area contributed by atoms with Crippen molar-refractivity contribution >= 4 is 11.5 Å². The van der Waals surface area contributed by atoms with E-state index in [-0.39, 0.29) is 5.69 Å². The minimum Gasteiger partial charge on any atom is -0.503 e. The van der Waals surface area contributed by atoms with Crippen LogP contribution in [0.1, 0.15) is 6.92 Å². The van der Waals surface area contributed by atoms with Crippen molar-refractivity contribution in [1.29, 1.82) is 0 Å². The minimum atomic E-state index is -5.03. The highest BCUT2D eigenvalue weighted by atomic mass is 19.4. The molecule has 4 nitrogen and oxygen atoms in total. The monoisotopic (exact) mass is 258 g/mol. The predicted molar refractivity (Wildman–Crippen MR) is 57.3 cm³/mol. The number of carbonyl (C=O) groups excluding carboxylic acids is 1. The maximum Gasteiger partial charge on any atom is 0.451 e. The number of Topliss-reactive ketones (excluding diaryl/α,β-unsaturated/α-hetero) is 1. The van der Waals surface area contributed by atoms with Gasteiger partial charge in [0, 0.05) is 6.92 Å². The van der Waals surface area contributed by atoms with E-state index in [1.165, 1.54) is 12.1 Å². The Morgan fingerprint density at radius 1 is 1.22 bits per heavy atom. The lowest BCUT2D eigenvalue weighted by Gasteiger charge is -2.06. The normalized spacial score (nSPS) is 13.6. The average Bonchev–Trinajstić information content (AvgIpc) is 2.28. The summed E-state index contributed by atoms with van der Waals surface area (Å²) >= 11 is 0. The Labute approximate surface area is 100 Å². The number of alkyl halides is 3. The average molecular weight is 258 g/mol. The van der Waals surface area contributed by atoms with Gasteiger partial charge in [-0.25, -0.2) is 0 Å². The van der Waals surface area contributed by atoms with Gasteiger partial charge in [0.2, 0.25) is 5.76 Å². The number of aliphatic hydroxyl groups excluding tert-OH is 1. The molecule has 0 aliphatic heterocycles. The molecule has 0 bridgehead atoms. The van der Waals surface area contributed by atoms with Crippen molar-refractivity contribution in [3.63, 3.8) is 0 Å². The molecule has 1 N–H and O–H groups in total. The van der Waals surface area contributed by atoms with E-state index >= 15 is 0 Å². The van der Waals surface area contributed by atoms with Gasteiger partial charge >= 0.3 is 6.18 Å². The third-order valence-electron chi connectivity index (χ3n) is 1.85. The van der Waals surface area contributed by atoms with Crippen LogP contribution in [0.25, 0.3) is 0 Å². The quantitative estimate of drug-likeness (QED) is 0.510. The van der Waals surface area contributed by atoms with Crippen LogP contribution in [0.3, 0.4) is 0 Å². The van der Waals surface area contributed by atoms with Gasteiger partial charge in [-0.1, -0.05) is 18.2 Å². The summed E-state index contributed by atoms with van der Waals surface area (Å²) in [5.74, 6) is -3.07. The lowest BCUT2D eigenvalue weighted by atomic mass is 10.3. The molecular weight excluding hydrogens is 249 g/mol. The first-order chi connectivity index (χ1) is 8.32. The standard InChI is InChI=1S/C11H9F3N2O2/c1-7(17)9(10(18)11(12,13)14)16-15-8-5-3-2-4-6-8/h2-6,18H,1H3/b10-9-,16-15?. The lowest BCUT2D eigenvalue weighted by molar-refractivity contribution is -0.126. The van der Waals surface area contributed by atoms with E-state index in [0.29, 0.717) is 0 Å². The molecule has 1 aromatic carbocycles. The Morgan fingerprint density at radius 3 is 2.22 bits per heavy atom. The van der Waals surface area contributed by atoms with Crippen molar-refractivity contribution < 1.29 is 23.1 Å². The highest BCUT2D eigenvalue weighted by Crippen LogP contribution is 2.27. The van der Waals surface area contributed by atoms with Crippen LogP contribution in [0.2, 0.25) is 0 Å². The number of azo groups is 1. The summed E-state index contributed by atoms with van der Waals surface area (Å²) in [7, 11) is 0. The Kier molecular flexibility index (Phi) is 4.19. The van der Waals surface area contributed by atoms with Crippen LogP contribution in [-0.4, -0.2) is 17.1 Å². The van der Waals surface area contributed by atoms with Crippen LogP contribution < -0.4 is 0 Å². The molecular formula is C11H9F3N2O2. The first kappa shape index (κ1) is 13.9. The van der Waals surface area contributed by atoms with Gasteiger partial charge < -0.3 is 5.11 Å². The zero-order valence-electron chi connectivity index (χ0n) is 9.27. The number of aliphatic hydroxyl groups is 1. The molecule has 0 amide bonds. The smallest absolute Gasteiger partial charge is 0.451 e. The number of allylic oxidation sites excluding steroid dienone is 2. The summed E-state index contributed by atoms with van der Waals surface area (Å²) in [4.78, 5) is 11.0. The number of rotatable bonds is 3. The van der Waals surface area contributed by atoms with Crippen LogP contribution in [-0.2, 0) is 4.79 Å². The van der Waals surface area contributed by atoms with Crippen molar-refractivity contribution in [2.24, 2.45) is 10.2 Å². The third-order valence-corrected chi connectivity index (χ3v) is 1.85. The topological polar surface area (TPSA) is 62.0 Å². The molecule has 0 fully saturated rings. The second-order valence-electron chi connectivity index (χ2n) is 3.29. The molecule has 1 rings (SSSR count). The van der Waals surface area contributed by atoms with Crippen molar-refractivity contribution in [1.82, 2.24) is 0 Å². The van der Waals surface area contributed by atoms with Crippen molar-refractivity contribution in [3.05, 3.63) is 41.8 Å². The second-order valence-corrected chi connectivity index (χ2v) is 3.29. The molecule has 7 heteroatoms. The fourth-order valence-corrected chi connectivity index (χ4v) is 1.02. The molecule has 0 unspecified atom stereocenters. The lowest BCUT2D eigenvalue weighted by Crippen LogP contribution is -2.16. The molecule has 18 heavy (non-hydrogen) atoms. The van der Waals surface area contributed by atoms with Crippen LogP contribution >= 0.6 is 0 Å². The molecule has 0 aromatic heterocycles. The third kappa shape index (κ3) is 3.69. The summed E-state index contributed by atoms with van der Waals surface area (Å²) in [6.45, 7) is 0.862. The number of hydrogen-bond acceptors (Lipinski definition) is 4. The van der Waals surface area contributed by atoms with E-state index in [0.717, 1.165) is 6.92 Å². The van der Waals surface area contributed by atoms with E-state index in [9.17, 15) is 18.0 Å². The fraction of sp³-hybridized carbons (Fsp3) is 0.182. The molecule has 0 saturated carbocycles. The van der Waals surface area contributed by atoms with Crippen LogP contribution in [0.4, 0.5) is 18.9 Å². The highest BCUT2D eigenvalue weighted by molar-refractivity contribution is 5.93. The summed E-state index contributed by atoms with van der Waals surface area (Å²) in [6, 6.07) is 7.88. The fourth-order valence-electron chi connectivity index (χ4n) is 1.02. The Hall–Kier alpha value is -2.18. The number of nitrogens with zero attached hydrogens (tertiary/aromatic N) is 2.